The largest absolute Gasteiger partial charge is 0.409 e. The summed E-state index contributed by atoms with van der Waals surface area (Å²) < 4.78 is 17.0. The molecule has 0 radical (unpaired) electrons. The number of aliphatic hydroxyl groups excluding tert-OH is 1. The van der Waals surface area contributed by atoms with E-state index in [9.17, 15) is 9.90 Å². The summed E-state index contributed by atoms with van der Waals surface area (Å²) in [6, 6.07) is -0.567. The van der Waals surface area contributed by atoms with Crippen molar-refractivity contribution in [3.8, 4) is 0 Å². The van der Waals surface area contributed by atoms with E-state index in [1.165, 1.54) is 6.92 Å². The molecule has 7 heteroatoms. The Morgan fingerprint density at radius 2 is 2.11 bits per heavy atom. The highest BCUT2D eigenvalue weighted by molar-refractivity contribution is 6.69. The molecule has 0 spiro atoms. The summed E-state index contributed by atoms with van der Waals surface area (Å²) in [6.07, 6.45) is -2.06. The molecule has 5 atom stereocenters. The summed E-state index contributed by atoms with van der Waals surface area (Å²) in [5, 5.41) is 13.0. The van der Waals surface area contributed by atoms with Gasteiger partial charge in [-0.2, -0.15) is 0 Å². The normalized spacial score (nSPS) is 39.7. The van der Waals surface area contributed by atoms with Crippen LogP contribution >= 0.6 is 0 Å². The van der Waals surface area contributed by atoms with Crippen molar-refractivity contribution >= 4 is 14.2 Å². The molecule has 2 rings (SSSR count). The molecule has 2 aliphatic heterocycles. The molecular formula is C11H21NO5Si. The Morgan fingerprint density at radius 1 is 1.44 bits per heavy atom. The van der Waals surface area contributed by atoms with Crippen LogP contribution in [0.4, 0.5) is 0 Å². The van der Waals surface area contributed by atoms with Crippen LogP contribution in [0.25, 0.3) is 0 Å². The quantitative estimate of drug-likeness (QED) is 0.699. The average Bonchev–Trinajstić information content (AvgIpc) is 2.64. The van der Waals surface area contributed by atoms with E-state index in [2.05, 4.69) is 25.0 Å². The number of carbonyl (C=O) groups excluding carboxylic acids is 1. The fourth-order valence-electron chi connectivity index (χ4n) is 2.33. The van der Waals surface area contributed by atoms with Gasteiger partial charge in [-0.1, -0.05) is 0 Å². The van der Waals surface area contributed by atoms with E-state index in [4.69, 9.17) is 13.9 Å². The van der Waals surface area contributed by atoms with Gasteiger partial charge in [0.2, 0.25) is 5.91 Å². The smallest absolute Gasteiger partial charge is 0.217 e. The molecule has 2 fully saturated rings. The first-order valence-corrected chi connectivity index (χ1v) is 9.59. The number of ether oxygens (including phenoxy) is 2. The molecule has 0 unspecified atom stereocenters. The molecule has 0 saturated carbocycles. The summed E-state index contributed by atoms with van der Waals surface area (Å²) in [7, 11) is -1.80. The van der Waals surface area contributed by atoms with E-state index in [0.717, 1.165) is 0 Å². The van der Waals surface area contributed by atoms with Crippen molar-refractivity contribution < 1.29 is 23.8 Å². The highest BCUT2D eigenvalue weighted by atomic mass is 28.4. The van der Waals surface area contributed by atoms with Gasteiger partial charge in [-0.25, -0.2) is 0 Å². The number of rotatable bonds is 3. The van der Waals surface area contributed by atoms with E-state index in [1.54, 1.807) is 0 Å². The lowest BCUT2D eigenvalue weighted by Gasteiger charge is -2.40. The first-order valence-electron chi connectivity index (χ1n) is 6.18. The minimum atomic E-state index is -1.80. The van der Waals surface area contributed by atoms with Crippen molar-refractivity contribution in [1.29, 1.82) is 0 Å². The Bertz CT molecular complexity index is 332. The zero-order chi connectivity index (χ0) is 13.5. The predicted molar refractivity (Wildman–Crippen MR) is 66.4 cm³/mol. The molecular weight excluding hydrogens is 254 g/mol. The second-order valence-corrected chi connectivity index (χ2v) is 10.2. The average molecular weight is 275 g/mol. The fourth-order valence-corrected chi connectivity index (χ4v) is 3.44. The maximum atomic E-state index is 11.2. The topological polar surface area (TPSA) is 77.0 Å². The molecule has 0 aliphatic carbocycles. The number of hydrogen-bond donors (Lipinski definition) is 2. The molecule has 0 aromatic rings. The standard InChI is InChI=1S/C11H21NO5Si/c1-6(13)12-8-9(14)10(17-18(2,3)4)7-5-15-11(8)16-7/h7-11,14H,5H2,1-4H3,(H,12,13)/t7-,8-,9-,10-,11-/m1/s1. The lowest BCUT2D eigenvalue weighted by molar-refractivity contribution is -0.182. The summed E-state index contributed by atoms with van der Waals surface area (Å²) in [5.41, 5.74) is 0. The minimum Gasteiger partial charge on any atom is -0.409 e. The van der Waals surface area contributed by atoms with Gasteiger partial charge in [0.05, 0.1) is 6.61 Å². The van der Waals surface area contributed by atoms with Crippen molar-refractivity contribution in [1.82, 2.24) is 5.32 Å². The lowest BCUT2D eigenvalue weighted by atomic mass is 9.99. The van der Waals surface area contributed by atoms with Gasteiger partial charge in [0, 0.05) is 6.92 Å². The molecule has 0 aromatic carbocycles. The molecule has 2 heterocycles. The predicted octanol–water partition coefficient (Wildman–Crippen LogP) is -0.173. The van der Waals surface area contributed by atoms with Crippen LogP contribution in [0.3, 0.4) is 0 Å². The van der Waals surface area contributed by atoms with Gasteiger partial charge in [0.15, 0.2) is 14.6 Å². The Hall–Kier alpha value is -0.473. The van der Waals surface area contributed by atoms with Crippen molar-refractivity contribution in [2.75, 3.05) is 6.61 Å². The van der Waals surface area contributed by atoms with Crippen molar-refractivity contribution in [2.45, 2.75) is 57.2 Å². The number of carbonyl (C=O) groups is 1. The van der Waals surface area contributed by atoms with Gasteiger partial charge in [-0.15, -0.1) is 0 Å². The Kier molecular flexibility index (Phi) is 3.79. The van der Waals surface area contributed by atoms with Gasteiger partial charge in [-0.05, 0) is 19.6 Å². The number of fused-ring (bicyclic) bond motifs is 2. The van der Waals surface area contributed by atoms with E-state index in [-0.39, 0.29) is 12.0 Å². The van der Waals surface area contributed by atoms with E-state index < -0.39 is 32.9 Å². The van der Waals surface area contributed by atoms with E-state index >= 15 is 0 Å². The maximum absolute atomic E-state index is 11.2. The van der Waals surface area contributed by atoms with Gasteiger partial charge in [0.1, 0.15) is 24.4 Å². The Morgan fingerprint density at radius 3 is 2.67 bits per heavy atom. The summed E-state index contributed by atoms with van der Waals surface area (Å²) in [5.74, 6) is -0.219. The van der Waals surface area contributed by atoms with Gasteiger partial charge >= 0.3 is 0 Å². The molecule has 2 aliphatic rings. The Balaban J connectivity index is 2.12. The molecule has 1 amide bonds. The molecule has 104 valence electrons. The SMILES string of the molecule is CC(=O)N[C@H]1[C@@H]2OC[C@@H](O2)[C@@H](O[Si](C)(C)C)[C@@H]1O. The van der Waals surface area contributed by atoms with Crippen molar-refractivity contribution in [2.24, 2.45) is 0 Å². The van der Waals surface area contributed by atoms with Gasteiger partial charge < -0.3 is 24.3 Å². The molecule has 18 heavy (non-hydrogen) atoms. The van der Waals surface area contributed by atoms with Crippen LogP contribution in [0.2, 0.25) is 19.6 Å². The Labute approximate surface area is 108 Å². The zero-order valence-electron chi connectivity index (χ0n) is 11.2. The summed E-state index contributed by atoms with van der Waals surface area (Å²) >= 11 is 0. The van der Waals surface area contributed by atoms with E-state index in [0.29, 0.717) is 6.61 Å². The second-order valence-electron chi connectivity index (χ2n) is 5.79. The first-order chi connectivity index (χ1) is 8.28. The van der Waals surface area contributed by atoms with Crippen LogP contribution in [-0.4, -0.2) is 56.6 Å². The van der Waals surface area contributed by atoms with Crippen LogP contribution in [0.15, 0.2) is 0 Å². The van der Waals surface area contributed by atoms with Gasteiger partial charge in [0.25, 0.3) is 0 Å². The summed E-state index contributed by atoms with van der Waals surface area (Å²) in [6.45, 7) is 7.95. The lowest BCUT2D eigenvalue weighted by Crippen LogP contribution is -2.62. The highest BCUT2D eigenvalue weighted by Crippen LogP contribution is 2.31. The highest BCUT2D eigenvalue weighted by Gasteiger charge is 2.51. The van der Waals surface area contributed by atoms with E-state index in [1.807, 2.05) is 0 Å². The molecule has 6 nitrogen and oxygen atoms in total. The molecule has 2 bridgehead atoms. The van der Waals surface area contributed by atoms with Crippen LogP contribution in [0.1, 0.15) is 6.92 Å². The van der Waals surface area contributed by atoms with Crippen LogP contribution in [-0.2, 0) is 18.7 Å². The molecule has 0 aromatic heterocycles. The fraction of sp³-hybridized carbons (Fsp3) is 0.909. The minimum absolute atomic E-state index is 0.219. The molecule has 2 N–H and O–H groups in total. The molecule has 2 saturated heterocycles. The third-order valence-electron chi connectivity index (χ3n) is 2.96. The van der Waals surface area contributed by atoms with Crippen LogP contribution in [0.5, 0.6) is 0 Å². The third-order valence-corrected chi connectivity index (χ3v) is 3.94. The second kappa shape index (κ2) is 4.90. The van der Waals surface area contributed by atoms with Crippen molar-refractivity contribution in [3.63, 3.8) is 0 Å². The van der Waals surface area contributed by atoms with Crippen molar-refractivity contribution in [3.05, 3.63) is 0 Å². The van der Waals surface area contributed by atoms with Gasteiger partial charge in [-0.3, -0.25) is 4.79 Å². The maximum Gasteiger partial charge on any atom is 0.217 e. The summed E-state index contributed by atoms with van der Waals surface area (Å²) in [4.78, 5) is 11.2. The zero-order valence-corrected chi connectivity index (χ0v) is 12.2. The number of nitrogens with one attached hydrogen (secondary N) is 1. The monoisotopic (exact) mass is 275 g/mol. The number of amides is 1. The third kappa shape index (κ3) is 2.92. The number of hydrogen-bond acceptors (Lipinski definition) is 5. The van der Waals surface area contributed by atoms with Crippen LogP contribution in [0, 0.1) is 0 Å². The van der Waals surface area contributed by atoms with Crippen LogP contribution < -0.4 is 5.32 Å². The first kappa shape index (κ1) is 13.9. The number of aliphatic hydroxyl groups is 1.